The van der Waals surface area contributed by atoms with Crippen molar-refractivity contribution in [1.29, 1.82) is 0 Å². The van der Waals surface area contributed by atoms with Crippen LogP contribution in [0.2, 0.25) is 0 Å². The highest BCUT2D eigenvalue weighted by Gasteiger charge is 2.10. The maximum atomic E-state index is 11.0. The molecule has 0 aliphatic carbocycles. The summed E-state index contributed by atoms with van der Waals surface area (Å²) < 4.78 is 4.55. The van der Waals surface area contributed by atoms with Crippen molar-refractivity contribution in [3.63, 3.8) is 0 Å². The summed E-state index contributed by atoms with van der Waals surface area (Å²) in [5, 5.41) is 3.73. The zero-order valence-electron chi connectivity index (χ0n) is 9.46. The van der Waals surface area contributed by atoms with E-state index >= 15 is 0 Å². The van der Waals surface area contributed by atoms with E-state index < -0.39 is 5.76 Å². The van der Waals surface area contributed by atoms with Gasteiger partial charge in [-0.1, -0.05) is 59.8 Å². The lowest BCUT2D eigenvalue weighted by Gasteiger charge is -2.06. The van der Waals surface area contributed by atoms with Gasteiger partial charge in [-0.15, -0.1) is 0 Å². The zero-order valence-corrected chi connectivity index (χ0v) is 9.46. The minimum atomic E-state index is -0.548. The second kappa shape index (κ2) is 4.33. The number of aromatic nitrogens is 2. The molecule has 1 N–H and O–H groups in total. The topological polar surface area (TPSA) is 58.9 Å². The summed E-state index contributed by atoms with van der Waals surface area (Å²) in [5.74, 6) is -0.104. The van der Waals surface area contributed by atoms with Gasteiger partial charge in [0.15, 0.2) is 5.82 Å². The fraction of sp³-hybridized carbons (Fsp3) is 0. The van der Waals surface area contributed by atoms with E-state index in [2.05, 4.69) is 14.7 Å². The first kappa shape index (κ1) is 10.5. The van der Waals surface area contributed by atoms with Crippen LogP contribution in [0.25, 0.3) is 22.5 Å². The molecule has 0 fully saturated rings. The van der Waals surface area contributed by atoms with Gasteiger partial charge in [0.1, 0.15) is 0 Å². The summed E-state index contributed by atoms with van der Waals surface area (Å²) in [7, 11) is 0. The number of nitrogens with one attached hydrogen (secondary N) is 1. The molecule has 1 aromatic heterocycles. The molecule has 0 unspecified atom stereocenters. The Morgan fingerprint density at radius 2 is 1.56 bits per heavy atom. The van der Waals surface area contributed by atoms with Crippen molar-refractivity contribution in [1.82, 2.24) is 10.1 Å². The highest BCUT2D eigenvalue weighted by molar-refractivity contribution is 5.80. The molecule has 2 aromatic carbocycles. The second-order valence-electron chi connectivity index (χ2n) is 3.86. The molecule has 0 saturated carbocycles. The van der Waals surface area contributed by atoms with Crippen molar-refractivity contribution < 1.29 is 4.52 Å². The van der Waals surface area contributed by atoms with Crippen LogP contribution in [0.3, 0.4) is 0 Å². The standard InChI is InChI=1S/C14H10N2O2/c17-14-15-13(16-18-14)12-9-5-4-8-11(12)10-6-2-1-3-7-10/h1-9H,(H,15,16,17). The van der Waals surface area contributed by atoms with E-state index in [-0.39, 0.29) is 0 Å². The summed E-state index contributed by atoms with van der Waals surface area (Å²) in [6.07, 6.45) is 0. The van der Waals surface area contributed by atoms with Crippen LogP contribution < -0.4 is 5.76 Å². The van der Waals surface area contributed by atoms with E-state index in [9.17, 15) is 4.79 Å². The van der Waals surface area contributed by atoms with Gasteiger partial charge in [-0.05, 0) is 11.1 Å². The van der Waals surface area contributed by atoms with Gasteiger partial charge in [0, 0.05) is 5.56 Å². The Balaban J connectivity index is 2.20. The van der Waals surface area contributed by atoms with Crippen LogP contribution in [0.15, 0.2) is 63.9 Å². The average molecular weight is 238 g/mol. The third-order valence-corrected chi connectivity index (χ3v) is 2.71. The molecule has 0 saturated heterocycles. The lowest BCUT2D eigenvalue weighted by atomic mass is 9.99. The average Bonchev–Trinajstić information content (AvgIpc) is 2.86. The van der Waals surface area contributed by atoms with Crippen LogP contribution in [0.5, 0.6) is 0 Å². The third kappa shape index (κ3) is 1.84. The number of rotatable bonds is 2. The Bertz CT molecular complexity index is 714. The van der Waals surface area contributed by atoms with Crippen LogP contribution >= 0.6 is 0 Å². The molecule has 3 rings (SSSR count). The summed E-state index contributed by atoms with van der Waals surface area (Å²) in [6.45, 7) is 0. The second-order valence-corrected chi connectivity index (χ2v) is 3.86. The van der Waals surface area contributed by atoms with Gasteiger partial charge in [0.05, 0.1) is 0 Å². The molecule has 0 bridgehead atoms. The van der Waals surface area contributed by atoms with E-state index in [1.165, 1.54) is 0 Å². The van der Waals surface area contributed by atoms with E-state index in [0.717, 1.165) is 16.7 Å². The quantitative estimate of drug-likeness (QED) is 0.746. The molecule has 18 heavy (non-hydrogen) atoms. The summed E-state index contributed by atoms with van der Waals surface area (Å²) in [5.41, 5.74) is 2.91. The van der Waals surface area contributed by atoms with E-state index in [0.29, 0.717) is 5.82 Å². The van der Waals surface area contributed by atoms with E-state index in [4.69, 9.17) is 0 Å². The van der Waals surface area contributed by atoms with E-state index in [1.54, 1.807) is 0 Å². The first-order valence-corrected chi connectivity index (χ1v) is 5.55. The Hall–Kier alpha value is -2.62. The van der Waals surface area contributed by atoms with Crippen LogP contribution in [0, 0.1) is 0 Å². The molecule has 1 heterocycles. The van der Waals surface area contributed by atoms with Gasteiger partial charge in [-0.3, -0.25) is 9.51 Å². The monoisotopic (exact) mass is 238 g/mol. The number of hydrogen-bond donors (Lipinski definition) is 1. The summed E-state index contributed by atoms with van der Waals surface area (Å²) in [4.78, 5) is 13.6. The molecule has 4 heteroatoms. The smallest absolute Gasteiger partial charge is 0.296 e. The molecule has 0 aliphatic heterocycles. The fourth-order valence-corrected chi connectivity index (χ4v) is 1.90. The third-order valence-electron chi connectivity index (χ3n) is 2.71. The minimum Gasteiger partial charge on any atom is -0.296 e. The normalized spacial score (nSPS) is 10.4. The van der Waals surface area contributed by atoms with Gasteiger partial charge in [-0.2, -0.15) is 0 Å². The molecule has 0 spiro atoms. The molecule has 0 aliphatic rings. The Morgan fingerprint density at radius 1 is 0.889 bits per heavy atom. The molecule has 88 valence electrons. The lowest BCUT2D eigenvalue weighted by molar-refractivity contribution is 0.388. The SMILES string of the molecule is O=c1[nH]c(-c2ccccc2-c2ccccc2)no1. The summed E-state index contributed by atoms with van der Waals surface area (Å²) in [6, 6.07) is 17.7. The molecule has 0 radical (unpaired) electrons. The van der Waals surface area contributed by atoms with Crippen molar-refractivity contribution >= 4 is 0 Å². The fourth-order valence-electron chi connectivity index (χ4n) is 1.90. The summed E-state index contributed by atoms with van der Waals surface area (Å²) >= 11 is 0. The Labute approximate surface area is 103 Å². The van der Waals surface area contributed by atoms with Gasteiger partial charge >= 0.3 is 5.76 Å². The molecule has 0 atom stereocenters. The van der Waals surface area contributed by atoms with Gasteiger partial charge < -0.3 is 0 Å². The minimum absolute atomic E-state index is 0.444. The first-order chi connectivity index (χ1) is 8.84. The number of H-pyrrole nitrogens is 1. The molecule has 4 nitrogen and oxygen atoms in total. The lowest BCUT2D eigenvalue weighted by Crippen LogP contribution is -1.95. The first-order valence-electron chi connectivity index (χ1n) is 5.55. The van der Waals surface area contributed by atoms with E-state index in [1.807, 2.05) is 54.6 Å². The van der Waals surface area contributed by atoms with Gasteiger partial charge in [-0.25, -0.2) is 4.79 Å². The predicted octanol–water partition coefficient (Wildman–Crippen LogP) is 2.70. The van der Waals surface area contributed by atoms with Gasteiger partial charge in [0.25, 0.3) is 0 Å². The van der Waals surface area contributed by atoms with Crippen molar-refractivity contribution in [2.24, 2.45) is 0 Å². The zero-order chi connectivity index (χ0) is 12.4. The molecular formula is C14H10N2O2. The van der Waals surface area contributed by atoms with Crippen molar-refractivity contribution in [2.75, 3.05) is 0 Å². The number of benzene rings is 2. The van der Waals surface area contributed by atoms with Crippen LogP contribution in [0.4, 0.5) is 0 Å². The van der Waals surface area contributed by atoms with Crippen LogP contribution in [-0.2, 0) is 0 Å². The van der Waals surface area contributed by atoms with Crippen LogP contribution in [-0.4, -0.2) is 10.1 Å². The number of aromatic amines is 1. The highest BCUT2D eigenvalue weighted by Crippen LogP contribution is 2.29. The maximum Gasteiger partial charge on any atom is 0.439 e. The maximum absolute atomic E-state index is 11.0. The van der Waals surface area contributed by atoms with Crippen molar-refractivity contribution in [3.8, 4) is 22.5 Å². The Morgan fingerprint density at radius 3 is 2.22 bits per heavy atom. The van der Waals surface area contributed by atoms with Crippen molar-refractivity contribution in [3.05, 3.63) is 65.1 Å². The highest BCUT2D eigenvalue weighted by atomic mass is 16.5. The molecular weight excluding hydrogens is 228 g/mol. The Kier molecular flexibility index (Phi) is 2.53. The predicted molar refractivity (Wildman–Crippen MR) is 68.0 cm³/mol. The van der Waals surface area contributed by atoms with Crippen molar-refractivity contribution in [2.45, 2.75) is 0 Å². The largest absolute Gasteiger partial charge is 0.439 e. The molecule has 0 amide bonds. The number of hydrogen-bond acceptors (Lipinski definition) is 3. The van der Waals surface area contributed by atoms with Gasteiger partial charge in [0.2, 0.25) is 0 Å². The van der Waals surface area contributed by atoms with Crippen LogP contribution in [0.1, 0.15) is 0 Å². The number of nitrogens with zero attached hydrogens (tertiary/aromatic N) is 1. The molecule has 3 aromatic rings.